The molecule has 1 fully saturated rings. The number of hydrogen-bond acceptors (Lipinski definition) is 5. The molecule has 1 saturated heterocycles. The van der Waals surface area contributed by atoms with E-state index in [9.17, 15) is 18.5 Å². The fourth-order valence-corrected chi connectivity index (χ4v) is 3.76. The van der Waals surface area contributed by atoms with Gasteiger partial charge in [-0.2, -0.15) is 4.31 Å². The van der Waals surface area contributed by atoms with E-state index in [1.807, 2.05) is 0 Å². The number of sulfonamides is 1. The van der Waals surface area contributed by atoms with E-state index in [0.717, 1.165) is 4.31 Å². The zero-order valence-corrected chi connectivity index (χ0v) is 10.6. The van der Waals surface area contributed by atoms with Gasteiger partial charge in [-0.15, -0.1) is 0 Å². The molecule has 0 saturated carbocycles. The van der Waals surface area contributed by atoms with Gasteiger partial charge in [0.25, 0.3) is 5.69 Å². The molecular formula is C10H13N3O4S. The van der Waals surface area contributed by atoms with Crippen LogP contribution in [-0.4, -0.2) is 36.3 Å². The molecular weight excluding hydrogens is 258 g/mol. The van der Waals surface area contributed by atoms with Gasteiger partial charge in [0.1, 0.15) is 0 Å². The summed E-state index contributed by atoms with van der Waals surface area (Å²) < 4.78 is 25.5. The number of benzene rings is 1. The average Bonchev–Trinajstić information content (AvgIpc) is 2.25. The van der Waals surface area contributed by atoms with Gasteiger partial charge in [0.15, 0.2) is 4.90 Å². The first-order chi connectivity index (χ1) is 8.24. The van der Waals surface area contributed by atoms with Crippen LogP contribution in [-0.2, 0) is 10.0 Å². The van der Waals surface area contributed by atoms with Crippen LogP contribution in [0.4, 0.5) is 5.69 Å². The molecule has 1 heterocycles. The summed E-state index contributed by atoms with van der Waals surface area (Å²) in [4.78, 5) is 9.84. The van der Waals surface area contributed by atoms with E-state index in [0.29, 0.717) is 0 Å². The molecule has 0 amide bonds. The van der Waals surface area contributed by atoms with Gasteiger partial charge in [0.05, 0.1) is 4.92 Å². The molecule has 0 radical (unpaired) electrons. The summed E-state index contributed by atoms with van der Waals surface area (Å²) in [5, 5.41) is 10.8. The third kappa shape index (κ3) is 2.09. The van der Waals surface area contributed by atoms with Gasteiger partial charge in [0.2, 0.25) is 10.0 Å². The van der Waals surface area contributed by atoms with Gasteiger partial charge in [-0.25, -0.2) is 8.42 Å². The molecule has 2 N–H and O–H groups in total. The van der Waals surface area contributed by atoms with E-state index in [1.165, 1.54) is 24.3 Å². The lowest BCUT2D eigenvalue weighted by molar-refractivity contribution is -0.387. The molecule has 8 heteroatoms. The van der Waals surface area contributed by atoms with Gasteiger partial charge in [-0.05, 0) is 13.0 Å². The Hall–Kier alpha value is -1.51. The molecule has 0 aromatic heterocycles. The Morgan fingerprint density at radius 3 is 2.44 bits per heavy atom. The van der Waals surface area contributed by atoms with Crippen LogP contribution < -0.4 is 5.73 Å². The van der Waals surface area contributed by atoms with Crippen molar-refractivity contribution in [2.75, 3.05) is 13.1 Å². The minimum absolute atomic E-state index is 0.168. The fraction of sp³-hybridized carbons (Fsp3) is 0.400. The quantitative estimate of drug-likeness (QED) is 0.629. The molecule has 7 nitrogen and oxygen atoms in total. The smallest absolute Gasteiger partial charge is 0.289 e. The number of rotatable bonds is 3. The lowest BCUT2D eigenvalue weighted by Crippen LogP contribution is -2.66. The van der Waals surface area contributed by atoms with Crippen LogP contribution in [0.25, 0.3) is 0 Å². The van der Waals surface area contributed by atoms with Gasteiger partial charge >= 0.3 is 0 Å². The highest BCUT2D eigenvalue weighted by atomic mass is 32.2. The molecule has 0 atom stereocenters. The standard InChI is InChI=1S/C10H13N3O4S/c1-10(11)6-12(7-10)18(16,17)9-5-3-2-4-8(9)13(14)15/h2-5H,6-7,11H2,1H3. The predicted molar refractivity (Wildman–Crippen MR) is 64.4 cm³/mol. The van der Waals surface area contributed by atoms with Gasteiger partial charge < -0.3 is 5.73 Å². The summed E-state index contributed by atoms with van der Waals surface area (Å²) in [6, 6.07) is 5.30. The van der Waals surface area contributed by atoms with E-state index in [2.05, 4.69) is 0 Å². The zero-order valence-electron chi connectivity index (χ0n) is 9.74. The van der Waals surface area contributed by atoms with Crippen molar-refractivity contribution in [1.29, 1.82) is 0 Å². The Morgan fingerprint density at radius 1 is 1.39 bits per heavy atom. The molecule has 0 unspecified atom stereocenters. The minimum Gasteiger partial charge on any atom is -0.323 e. The molecule has 0 spiro atoms. The molecule has 0 aliphatic carbocycles. The van der Waals surface area contributed by atoms with Crippen molar-refractivity contribution in [2.45, 2.75) is 17.4 Å². The van der Waals surface area contributed by atoms with Crippen molar-refractivity contribution in [3.05, 3.63) is 34.4 Å². The Labute approximate surface area is 104 Å². The van der Waals surface area contributed by atoms with E-state index in [1.54, 1.807) is 6.92 Å². The van der Waals surface area contributed by atoms with Crippen LogP contribution in [0, 0.1) is 10.1 Å². The summed E-state index contributed by atoms with van der Waals surface area (Å²) in [5.41, 5.74) is 4.77. The first-order valence-corrected chi connectivity index (χ1v) is 6.70. The summed E-state index contributed by atoms with van der Waals surface area (Å²) in [6.45, 7) is 2.07. The van der Waals surface area contributed by atoms with Crippen LogP contribution in [0.15, 0.2) is 29.2 Å². The van der Waals surface area contributed by atoms with Crippen LogP contribution in [0.5, 0.6) is 0 Å². The van der Waals surface area contributed by atoms with Crippen LogP contribution >= 0.6 is 0 Å². The van der Waals surface area contributed by atoms with Crippen molar-refractivity contribution in [3.63, 3.8) is 0 Å². The predicted octanol–water partition coefficient (Wildman–Crippen LogP) is 0.316. The Morgan fingerprint density at radius 2 is 1.94 bits per heavy atom. The van der Waals surface area contributed by atoms with E-state index in [4.69, 9.17) is 5.73 Å². The second-order valence-corrected chi connectivity index (χ2v) is 6.56. The number of hydrogen-bond donors (Lipinski definition) is 1. The number of nitro benzene ring substituents is 1. The van der Waals surface area contributed by atoms with Crippen molar-refractivity contribution < 1.29 is 13.3 Å². The highest BCUT2D eigenvalue weighted by Gasteiger charge is 2.44. The second kappa shape index (κ2) is 4.01. The van der Waals surface area contributed by atoms with Crippen molar-refractivity contribution in [1.82, 2.24) is 4.31 Å². The average molecular weight is 271 g/mol. The van der Waals surface area contributed by atoms with E-state index in [-0.39, 0.29) is 18.0 Å². The first-order valence-electron chi connectivity index (χ1n) is 5.26. The molecule has 1 aromatic carbocycles. The molecule has 1 aliphatic rings. The normalized spacial score (nSPS) is 19.2. The lowest BCUT2D eigenvalue weighted by Gasteiger charge is -2.43. The fourth-order valence-electron chi connectivity index (χ4n) is 1.89. The molecule has 1 aliphatic heterocycles. The number of nitrogens with zero attached hydrogens (tertiary/aromatic N) is 2. The van der Waals surface area contributed by atoms with E-state index >= 15 is 0 Å². The largest absolute Gasteiger partial charge is 0.323 e. The highest BCUT2D eigenvalue weighted by Crippen LogP contribution is 2.31. The highest BCUT2D eigenvalue weighted by molar-refractivity contribution is 7.89. The van der Waals surface area contributed by atoms with Crippen molar-refractivity contribution >= 4 is 15.7 Å². The third-order valence-corrected chi connectivity index (χ3v) is 4.59. The maximum Gasteiger partial charge on any atom is 0.289 e. The topological polar surface area (TPSA) is 107 Å². The number of para-hydroxylation sites is 1. The van der Waals surface area contributed by atoms with Gasteiger partial charge in [-0.1, -0.05) is 12.1 Å². The van der Waals surface area contributed by atoms with Crippen LogP contribution in [0.3, 0.4) is 0 Å². The minimum atomic E-state index is -3.84. The van der Waals surface area contributed by atoms with Crippen LogP contribution in [0.2, 0.25) is 0 Å². The summed E-state index contributed by atoms with van der Waals surface area (Å²) in [7, 11) is -3.84. The second-order valence-electron chi connectivity index (χ2n) is 4.65. The molecule has 0 bridgehead atoms. The molecule has 2 rings (SSSR count). The third-order valence-electron chi connectivity index (χ3n) is 2.75. The Balaban J connectivity index is 2.40. The van der Waals surface area contributed by atoms with Gasteiger partial charge in [-0.3, -0.25) is 10.1 Å². The lowest BCUT2D eigenvalue weighted by atomic mass is 9.97. The van der Waals surface area contributed by atoms with Crippen molar-refractivity contribution in [2.24, 2.45) is 5.73 Å². The zero-order chi connectivity index (χ0) is 13.6. The SMILES string of the molecule is CC1(N)CN(S(=O)(=O)c2ccccc2[N+](=O)[O-])C1. The number of nitrogens with two attached hydrogens (primary N) is 1. The summed E-state index contributed by atoms with van der Waals surface area (Å²) in [6.07, 6.45) is 0. The van der Waals surface area contributed by atoms with Crippen LogP contribution in [0.1, 0.15) is 6.92 Å². The Kier molecular flexibility index (Phi) is 2.88. The Bertz CT molecular complexity index is 589. The van der Waals surface area contributed by atoms with E-state index < -0.39 is 26.2 Å². The molecule has 98 valence electrons. The maximum absolute atomic E-state index is 12.2. The number of nitro groups is 1. The summed E-state index contributed by atoms with van der Waals surface area (Å²) >= 11 is 0. The van der Waals surface area contributed by atoms with Crippen molar-refractivity contribution in [3.8, 4) is 0 Å². The molecule has 1 aromatic rings. The summed E-state index contributed by atoms with van der Waals surface area (Å²) in [5.74, 6) is 0. The maximum atomic E-state index is 12.2. The monoisotopic (exact) mass is 271 g/mol. The van der Waals surface area contributed by atoms with Gasteiger partial charge in [0, 0.05) is 24.7 Å². The molecule has 18 heavy (non-hydrogen) atoms. The first kappa shape index (κ1) is 12.9.